The van der Waals surface area contributed by atoms with Gasteiger partial charge in [-0.3, -0.25) is 4.79 Å². The molecule has 0 bridgehead atoms. The van der Waals surface area contributed by atoms with Crippen LogP contribution in [0.4, 0.5) is 0 Å². The number of pyridine rings is 1. The van der Waals surface area contributed by atoms with Crippen molar-refractivity contribution in [3.63, 3.8) is 0 Å². The van der Waals surface area contributed by atoms with Crippen molar-refractivity contribution >= 4 is 21.8 Å². The summed E-state index contributed by atoms with van der Waals surface area (Å²) in [5, 5.41) is 6.30. The van der Waals surface area contributed by atoms with Gasteiger partial charge in [0.05, 0.1) is 16.7 Å². The molecule has 0 saturated heterocycles. The molecule has 2 heterocycles. The molecule has 0 N–H and O–H groups in total. The summed E-state index contributed by atoms with van der Waals surface area (Å²) in [6.07, 6.45) is 0. The fourth-order valence-electron chi connectivity index (χ4n) is 4.99. The Morgan fingerprint density at radius 1 is 0.500 bits per heavy atom. The average molecular weight is 491 g/mol. The van der Waals surface area contributed by atoms with Gasteiger partial charge in [0.2, 0.25) is 0 Å². The van der Waals surface area contributed by atoms with E-state index in [9.17, 15) is 4.79 Å². The van der Waals surface area contributed by atoms with E-state index in [1.807, 2.05) is 126 Å². The Hall–Kier alpha value is -5.29. The molecule has 0 radical (unpaired) electrons. The molecule has 5 aromatic carbocycles. The Labute approximate surface area is 218 Å². The highest BCUT2D eigenvalue weighted by Gasteiger charge is 2.16. The molecule has 5 nitrogen and oxygen atoms in total. The summed E-state index contributed by atoms with van der Waals surface area (Å²) < 4.78 is 4.04. The zero-order valence-corrected chi connectivity index (χ0v) is 20.4. The molecule has 0 atom stereocenters. The first-order valence-corrected chi connectivity index (χ1v) is 12.5. The van der Waals surface area contributed by atoms with Gasteiger partial charge in [0.25, 0.3) is 0 Å². The Morgan fingerprint density at radius 2 is 1.00 bits per heavy atom. The van der Waals surface area contributed by atoms with Crippen LogP contribution in [0.5, 0.6) is 0 Å². The molecule has 0 aliphatic carbocycles. The zero-order valence-electron chi connectivity index (χ0n) is 20.4. The summed E-state index contributed by atoms with van der Waals surface area (Å²) in [6.45, 7) is 0. The lowest BCUT2D eigenvalue weighted by Crippen LogP contribution is -2.10. The molecule has 5 heteroatoms. The second-order valence-electron chi connectivity index (χ2n) is 9.12. The largest absolute Gasteiger partial charge is 0.309 e. The van der Waals surface area contributed by atoms with E-state index >= 15 is 0 Å². The first kappa shape index (κ1) is 21.9. The van der Waals surface area contributed by atoms with E-state index in [-0.39, 0.29) is 5.43 Å². The quantitative estimate of drug-likeness (QED) is 0.248. The number of rotatable bonds is 4. The van der Waals surface area contributed by atoms with Crippen molar-refractivity contribution in [2.75, 3.05) is 0 Å². The van der Waals surface area contributed by atoms with Crippen molar-refractivity contribution in [3.05, 3.63) is 144 Å². The van der Waals surface area contributed by atoms with Crippen molar-refractivity contribution in [2.45, 2.75) is 0 Å². The Kier molecular flexibility index (Phi) is 5.19. The Balaban J connectivity index is 1.41. The summed E-state index contributed by atoms with van der Waals surface area (Å²) in [6, 6.07) is 43.9. The lowest BCUT2D eigenvalue weighted by atomic mass is 10.1. The van der Waals surface area contributed by atoms with Crippen molar-refractivity contribution < 1.29 is 0 Å². The van der Waals surface area contributed by atoms with Crippen LogP contribution in [-0.2, 0) is 0 Å². The van der Waals surface area contributed by atoms with Crippen LogP contribution in [0.2, 0.25) is 0 Å². The lowest BCUT2D eigenvalue weighted by molar-refractivity contribution is 0.889. The molecule has 2 aromatic heterocycles. The van der Waals surface area contributed by atoms with Crippen molar-refractivity contribution in [1.82, 2.24) is 19.3 Å². The second-order valence-corrected chi connectivity index (χ2v) is 9.12. The lowest BCUT2D eigenvalue weighted by Gasteiger charge is -2.16. The SMILES string of the molecule is O=c1c2ccccc2n(-c2ccc(-n3nc(-c4ccccc4)nc3-c3ccccc3)cc2)c2ccccc12. The molecule has 0 spiro atoms. The van der Waals surface area contributed by atoms with Gasteiger partial charge in [-0.25, -0.2) is 9.67 Å². The number of nitrogens with zero attached hydrogens (tertiary/aromatic N) is 4. The minimum Gasteiger partial charge on any atom is -0.309 e. The van der Waals surface area contributed by atoms with Crippen LogP contribution < -0.4 is 5.43 Å². The maximum Gasteiger partial charge on any atom is 0.197 e. The molecule has 0 saturated carbocycles. The molecule has 0 unspecified atom stereocenters. The van der Waals surface area contributed by atoms with Gasteiger partial charge in [-0.1, -0.05) is 84.9 Å². The van der Waals surface area contributed by atoms with Gasteiger partial charge >= 0.3 is 0 Å². The first-order chi connectivity index (χ1) is 18.8. The van der Waals surface area contributed by atoms with E-state index < -0.39 is 0 Å². The third-order valence-electron chi connectivity index (χ3n) is 6.80. The number of hydrogen-bond acceptors (Lipinski definition) is 3. The third-order valence-corrected chi connectivity index (χ3v) is 6.80. The van der Waals surface area contributed by atoms with Crippen LogP contribution in [0.3, 0.4) is 0 Å². The van der Waals surface area contributed by atoms with Crippen molar-refractivity contribution in [2.24, 2.45) is 0 Å². The van der Waals surface area contributed by atoms with E-state index in [1.54, 1.807) is 0 Å². The van der Waals surface area contributed by atoms with Gasteiger partial charge in [0, 0.05) is 27.6 Å². The highest BCUT2D eigenvalue weighted by Crippen LogP contribution is 2.28. The molecular weight excluding hydrogens is 468 g/mol. The monoisotopic (exact) mass is 490 g/mol. The second kappa shape index (κ2) is 8.98. The van der Waals surface area contributed by atoms with Gasteiger partial charge < -0.3 is 4.57 Å². The standard InChI is InChI=1S/C33H22N4O/c38-31-27-15-7-9-17-29(27)36(30-18-10-8-16-28(30)31)25-19-21-26(22-20-25)37-33(24-13-5-2-6-14-24)34-32(35-37)23-11-3-1-4-12-23/h1-22H. The molecule has 0 amide bonds. The molecule has 0 fully saturated rings. The van der Waals surface area contributed by atoms with Crippen LogP contribution >= 0.6 is 0 Å². The van der Waals surface area contributed by atoms with E-state index in [4.69, 9.17) is 10.1 Å². The summed E-state index contributed by atoms with van der Waals surface area (Å²) in [7, 11) is 0. The topological polar surface area (TPSA) is 52.7 Å². The van der Waals surface area contributed by atoms with Gasteiger partial charge in [0.1, 0.15) is 0 Å². The molecule has 0 aliphatic heterocycles. The molecule has 38 heavy (non-hydrogen) atoms. The number of aromatic nitrogens is 4. The molecule has 0 aliphatic rings. The number of fused-ring (bicyclic) bond motifs is 2. The number of hydrogen-bond donors (Lipinski definition) is 0. The summed E-state index contributed by atoms with van der Waals surface area (Å²) >= 11 is 0. The van der Waals surface area contributed by atoms with Crippen LogP contribution in [0.25, 0.3) is 56.0 Å². The van der Waals surface area contributed by atoms with Gasteiger partial charge in [-0.15, -0.1) is 5.10 Å². The number of benzene rings is 5. The van der Waals surface area contributed by atoms with Crippen LogP contribution in [0, 0.1) is 0 Å². The van der Waals surface area contributed by atoms with Crippen LogP contribution in [-0.4, -0.2) is 19.3 Å². The Bertz CT molecular complexity index is 1910. The van der Waals surface area contributed by atoms with Gasteiger partial charge in [-0.05, 0) is 48.5 Å². The molecule has 180 valence electrons. The molecule has 7 aromatic rings. The van der Waals surface area contributed by atoms with Crippen molar-refractivity contribution in [3.8, 4) is 34.2 Å². The maximum absolute atomic E-state index is 13.2. The van der Waals surface area contributed by atoms with Crippen molar-refractivity contribution in [1.29, 1.82) is 0 Å². The predicted octanol–water partition coefficient (Wildman–Crippen LogP) is 7.06. The molecular formula is C33H22N4O. The normalized spacial score (nSPS) is 11.3. The van der Waals surface area contributed by atoms with E-state index in [2.05, 4.69) is 16.7 Å². The fraction of sp³-hybridized carbons (Fsp3) is 0. The van der Waals surface area contributed by atoms with E-state index in [0.29, 0.717) is 16.6 Å². The summed E-state index contributed by atoms with van der Waals surface area (Å²) in [5.74, 6) is 1.45. The first-order valence-electron chi connectivity index (χ1n) is 12.5. The van der Waals surface area contributed by atoms with Gasteiger partial charge in [-0.2, -0.15) is 0 Å². The minimum atomic E-state index is 0.0487. The van der Waals surface area contributed by atoms with E-state index in [1.165, 1.54) is 0 Å². The van der Waals surface area contributed by atoms with Crippen LogP contribution in [0.15, 0.2) is 138 Å². The minimum absolute atomic E-state index is 0.0487. The maximum atomic E-state index is 13.2. The van der Waals surface area contributed by atoms with Gasteiger partial charge in [0.15, 0.2) is 17.1 Å². The fourth-order valence-corrected chi connectivity index (χ4v) is 4.99. The average Bonchev–Trinajstić information content (AvgIpc) is 3.44. The van der Waals surface area contributed by atoms with Crippen LogP contribution in [0.1, 0.15) is 0 Å². The highest BCUT2D eigenvalue weighted by molar-refractivity contribution is 5.95. The zero-order chi connectivity index (χ0) is 25.5. The third kappa shape index (κ3) is 3.61. The number of para-hydroxylation sites is 2. The van der Waals surface area contributed by atoms with E-state index in [0.717, 1.165) is 39.4 Å². The highest BCUT2D eigenvalue weighted by atomic mass is 16.1. The Morgan fingerprint density at radius 3 is 1.61 bits per heavy atom. The summed E-state index contributed by atoms with van der Waals surface area (Å²) in [4.78, 5) is 18.1. The summed E-state index contributed by atoms with van der Waals surface area (Å²) in [5.41, 5.74) is 5.62. The molecule has 7 rings (SSSR count). The smallest absolute Gasteiger partial charge is 0.197 e. The predicted molar refractivity (Wildman–Crippen MR) is 153 cm³/mol.